The number of benzene rings is 2. The SMILES string of the molecule is O=C(O)c1cc(/C=C/c2ccc(-c3ccccc3Cl)o2)nc2ccc(Br)cc12. The van der Waals surface area contributed by atoms with Crippen molar-refractivity contribution >= 4 is 56.6 Å². The van der Waals surface area contributed by atoms with Crippen LogP contribution in [0.15, 0.2) is 69.6 Å². The number of aromatic carboxylic acids is 1. The van der Waals surface area contributed by atoms with Crippen LogP contribution < -0.4 is 0 Å². The minimum Gasteiger partial charge on any atom is -0.478 e. The number of halogens is 2. The molecule has 4 aromatic rings. The average molecular weight is 455 g/mol. The second kappa shape index (κ2) is 7.62. The van der Waals surface area contributed by atoms with E-state index in [-0.39, 0.29) is 5.56 Å². The van der Waals surface area contributed by atoms with Gasteiger partial charge in [-0.2, -0.15) is 0 Å². The van der Waals surface area contributed by atoms with Crippen LogP contribution in [0.2, 0.25) is 5.02 Å². The molecule has 1 N–H and O–H groups in total. The molecule has 0 atom stereocenters. The molecule has 0 aliphatic heterocycles. The Morgan fingerprint density at radius 1 is 1.07 bits per heavy atom. The van der Waals surface area contributed by atoms with Crippen molar-refractivity contribution in [3.8, 4) is 11.3 Å². The normalized spacial score (nSPS) is 11.4. The first kappa shape index (κ1) is 18.5. The highest BCUT2D eigenvalue weighted by Crippen LogP contribution is 2.30. The average Bonchev–Trinajstić information content (AvgIpc) is 3.15. The van der Waals surface area contributed by atoms with Gasteiger partial charge in [-0.25, -0.2) is 9.78 Å². The van der Waals surface area contributed by atoms with Crippen molar-refractivity contribution < 1.29 is 14.3 Å². The number of carbonyl (C=O) groups is 1. The van der Waals surface area contributed by atoms with Gasteiger partial charge in [0.2, 0.25) is 0 Å². The fraction of sp³-hybridized carbons (Fsp3) is 0. The van der Waals surface area contributed by atoms with Crippen molar-refractivity contribution in [3.63, 3.8) is 0 Å². The fourth-order valence-electron chi connectivity index (χ4n) is 2.90. The molecule has 0 aliphatic carbocycles. The first-order chi connectivity index (χ1) is 13.5. The first-order valence-electron chi connectivity index (χ1n) is 8.38. The second-order valence-corrected chi connectivity index (χ2v) is 7.40. The number of hydrogen-bond donors (Lipinski definition) is 1. The van der Waals surface area contributed by atoms with Gasteiger partial charge in [0, 0.05) is 15.4 Å². The highest BCUT2D eigenvalue weighted by Gasteiger charge is 2.12. The number of aromatic nitrogens is 1. The Hall–Kier alpha value is -2.89. The molecule has 2 heterocycles. The van der Waals surface area contributed by atoms with Crippen molar-refractivity contribution in [3.05, 3.63) is 87.2 Å². The Labute approximate surface area is 174 Å². The predicted octanol–water partition coefficient (Wildman–Crippen LogP) is 6.78. The molecule has 138 valence electrons. The van der Waals surface area contributed by atoms with Crippen molar-refractivity contribution in [1.29, 1.82) is 0 Å². The van der Waals surface area contributed by atoms with E-state index in [1.807, 2.05) is 36.4 Å². The number of hydrogen-bond acceptors (Lipinski definition) is 3. The van der Waals surface area contributed by atoms with E-state index in [4.69, 9.17) is 16.0 Å². The minimum absolute atomic E-state index is 0.196. The molecule has 2 aromatic carbocycles. The van der Waals surface area contributed by atoms with E-state index in [9.17, 15) is 9.90 Å². The van der Waals surface area contributed by atoms with Gasteiger partial charge in [0.05, 0.1) is 21.8 Å². The van der Waals surface area contributed by atoms with Gasteiger partial charge in [-0.05, 0) is 60.7 Å². The molecule has 0 fully saturated rings. The first-order valence-corrected chi connectivity index (χ1v) is 9.55. The molecule has 0 aliphatic rings. The van der Waals surface area contributed by atoms with Gasteiger partial charge in [-0.15, -0.1) is 0 Å². The summed E-state index contributed by atoms with van der Waals surface area (Å²) in [6.07, 6.45) is 3.47. The summed E-state index contributed by atoms with van der Waals surface area (Å²) < 4.78 is 6.63. The lowest BCUT2D eigenvalue weighted by atomic mass is 10.1. The number of carboxylic acids is 1. The van der Waals surface area contributed by atoms with E-state index in [2.05, 4.69) is 20.9 Å². The maximum atomic E-state index is 11.6. The molecule has 0 unspecified atom stereocenters. The lowest BCUT2D eigenvalue weighted by molar-refractivity contribution is 0.0699. The zero-order valence-corrected chi connectivity index (χ0v) is 16.7. The van der Waals surface area contributed by atoms with Crippen LogP contribution in [0.1, 0.15) is 21.8 Å². The number of rotatable bonds is 4. The van der Waals surface area contributed by atoms with Gasteiger partial charge in [0.25, 0.3) is 0 Å². The number of nitrogens with zero attached hydrogens (tertiary/aromatic N) is 1. The second-order valence-electron chi connectivity index (χ2n) is 6.08. The topological polar surface area (TPSA) is 63.3 Å². The summed E-state index contributed by atoms with van der Waals surface area (Å²) in [5.74, 6) is 0.274. The molecule has 28 heavy (non-hydrogen) atoms. The summed E-state index contributed by atoms with van der Waals surface area (Å²) >= 11 is 9.57. The zero-order valence-electron chi connectivity index (χ0n) is 14.4. The van der Waals surface area contributed by atoms with Gasteiger partial charge in [0.1, 0.15) is 11.5 Å². The monoisotopic (exact) mass is 453 g/mol. The largest absolute Gasteiger partial charge is 0.478 e. The molecule has 0 bridgehead atoms. The van der Waals surface area contributed by atoms with Gasteiger partial charge < -0.3 is 9.52 Å². The highest BCUT2D eigenvalue weighted by molar-refractivity contribution is 9.10. The number of fused-ring (bicyclic) bond motifs is 1. The van der Waals surface area contributed by atoms with Crippen LogP contribution in [0.4, 0.5) is 0 Å². The molecule has 0 saturated carbocycles. The molecule has 4 nitrogen and oxygen atoms in total. The molecule has 0 radical (unpaired) electrons. The van der Waals surface area contributed by atoms with Crippen LogP contribution in [0.3, 0.4) is 0 Å². The molecule has 0 spiro atoms. The van der Waals surface area contributed by atoms with E-state index in [0.29, 0.717) is 33.1 Å². The molecular weight excluding hydrogens is 442 g/mol. The Bertz CT molecular complexity index is 1230. The van der Waals surface area contributed by atoms with Crippen molar-refractivity contribution in [2.24, 2.45) is 0 Å². The van der Waals surface area contributed by atoms with Crippen LogP contribution in [-0.4, -0.2) is 16.1 Å². The van der Waals surface area contributed by atoms with E-state index >= 15 is 0 Å². The Kier molecular flexibility index (Phi) is 5.03. The Balaban J connectivity index is 1.69. The summed E-state index contributed by atoms with van der Waals surface area (Å²) in [7, 11) is 0. The number of carboxylic acid groups (broad SMARTS) is 1. The van der Waals surface area contributed by atoms with Crippen LogP contribution in [-0.2, 0) is 0 Å². The standard InChI is InChI=1S/C22H13BrClNO3/c23-13-5-9-20-17(11-13)18(22(26)27)12-14(25-20)6-7-15-8-10-21(28-15)16-3-1-2-4-19(16)24/h1-12H,(H,26,27)/b7-6+. The molecule has 6 heteroatoms. The van der Waals surface area contributed by atoms with Gasteiger partial charge in [0.15, 0.2) is 0 Å². The summed E-state index contributed by atoms with van der Waals surface area (Å²) in [6.45, 7) is 0. The van der Waals surface area contributed by atoms with Crippen LogP contribution in [0.25, 0.3) is 34.4 Å². The maximum Gasteiger partial charge on any atom is 0.336 e. The number of pyridine rings is 1. The van der Waals surface area contributed by atoms with Crippen molar-refractivity contribution in [1.82, 2.24) is 4.98 Å². The van der Waals surface area contributed by atoms with Crippen LogP contribution in [0, 0.1) is 0 Å². The number of furan rings is 1. The minimum atomic E-state index is -1.00. The summed E-state index contributed by atoms with van der Waals surface area (Å²) in [6, 6.07) is 18.0. The molecule has 2 aromatic heterocycles. The fourth-order valence-corrected chi connectivity index (χ4v) is 3.49. The van der Waals surface area contributed by atoms with Crippen molar-refractivity contribution in [2.45, 2.75) is 0 Å². The third-order valence-corrected chi connectivity index (χ3v) is 5.03. The van der Waals surface area contributed by atoms with Crippen LogP contribution in [0.5, 0.6) is 0 Å². The Morgan fingerprint density at radius 2 is 1.89 bits per heavy atom. The molecule has 4 rings (SSSR count). The summed E-state index contributed by atoms with van der Waals surface area (Å²) in [5, 5.41) is 10.7. The van der Waals surface area contributed by atoms with Crippen LogP contribution >= 0.6 is 27.5 Å². The smallest absolute Gasteiger partial charge is 0.336 e. The third kappa shape index (κ3) is 3.72. The van der Waals surface area contributed by atoms with Gasteiger partial charge in [-0.1, -0.05) is 39.7 Å². The lowest BCUT2D eigenvalue weighted by Crippen LogP contribution is -2.00. The third-order valence-electron chi connectivity index (χ3n) is 4.21. The molecular formula is C22H13BrClNO3. The quantitative estimate of drug-likeness (QED) is 0.369. The molecule has 0 amide bonds. The molecule has 0 saturated heterocycles. The maximum absolute atomic E-state index is 11.6. The van der Waals surface area contributed by atoms with E-state index in [0.717, 1.165) is 10.0 Å². The van der Waals surface area contributed by atoms with Gasteiger partial charge >= 0.3 is 5.97 Å². The Morgan fingerprint density at radius 3 is 2.68 bits per heavy atom. The van der Waals surface area contributed by atoms with E-state index in [1.165, 1.54) is 0 Å². The lowest BCUT2D eigenvalue weighted by Gasteiger charge is -2.05. The van der Waals surface area contributed by atoms with E-state index < -0.39 is 5.97 Å². The predicted molar refractivity (Wildman–Crippen MR) is 114 cm³/mol. The van der Waals surface area contributed by atoms with Crippen molar-refractivity contribution in [2.75, 3.05) is 0 Å². The van der Waals surface area contributed by atoms with E-state index in [1.54, 1.807) is 36.4 Å². The van der Waals surface area contributed by atoms with Gasteiger partial charge in [-0.3, -0.25) is 0 Å². The zero-order chi connectivity index (χ0) is 19.7. The summed E-state index contributed by atoms with van der Waals surface area (Å²) in [5.41, 5.74) is 2.15. The summed E-state index contributed by atoms with van der Waals surface area (Å²) in [4.78, 5) is 16.2. The highest BCUT2D eigenvalue weighted by atomic mass is 79.9.